The highest BCUT2D eigenvalue weighted by molar-refractivity contribution is 5.94. The smallest absolute Gasteiger partial charge is 0.251 e. The molecule has 3 nitrogen and oxygen atoms in total. The van der Waals surface area contributed by atoms with Crippen molar-refractivity contribution < 1.29 is 9.18 Å². The van der Waals surface area contributed by atoms with Gasteiger partial charge >= 0.3 is 0 Å². The minimum atomic E-state index is -0.554. The highest BCUT2D eigenvalue weighted by Crippen LogP contribution is 2.12. The van der Waals surface area contributed by atoms with Crippen LogP contribution in [0.2, 0.25) is 0 Å². The van der Waals surface area contributed by atoms with Gasteiger partial charge < -0.3 is 11.1 Å². The zero-order chi connectivity index (χ0) is 12.8. The maximum atomic E-state index is 13.2. The number of nitrogens with one attached hydrogen (secondary N) is 1. The topological polar surface area (TPSA) is 55.1 Å². The van der Waals surface area contributed by atoms with E-state index in [-0.39, 0.29) is 17.6 Å². The maximum Gasteiger partial charge on any atom is 0.251 e. The molecular formula is C13H19FN2O. The van der Waals surface area contributed by atoms with Crippen molar-refractivity contribution >= 4 is 11.6 Å². The summed E-state index contributed by atoms with van der Waals surface area (Å²) in [4.78, 5) is 11.8. The first kappa shape index (κ1) is 13.5. The standard InChI is InChI=1S/C13H19FN2O/c1-3-5-10(4-2)16-13(17)9-6-7-12(15)11(14)8-9/h6-8,10H,3-5,15H2,1-2H3,(H,16,17). The Kier molecular flexibility index (Phi) is 4.94. The first-order valence-corrected chi connectivity index (χ1v) is 5.94. The number of halogens is 1. The van der Waals surface area contributed by atoms with Crippen LogP contribution in [0, 0.1) is 5.82 Å². The molecule has 1 atom stereocenters. The molecule has 1 aromatic carbocycles. The van der Waals surface area contributed by atoms with Crippen molar-refractivity contribution in [1.82, 2.24) is 5.32 Å². The Labute approximate surface area is 101 Å². The van der Waals surface area contributed by atoms with E-state index >= 15 is 0 Å². The molecular weight excluding hydrogens is 219 g/mol. The molecule has 0 saturated heterocycles. The third kappa shape index (κ3) is 3.73. The Balaban J connectivity index is 2.72. The zero-order valence-electron chi connectivity index (χ0n) is 10.3. The van der Waals surface area contributed by atoms with Gasteiger partial charge in [0.2, 0.25) is 0 Å². The van der Waals surface area contributed by atoms with E-state index in [2.05, 4.69) is 12.2 Å². The molecule has 0 aliphatic rings. The Bertz CT molecular complexity index is 393. The number of nitrogen functional groups attached to an aromatic ring is 1. The highest BCUT2D eigenvalue weighted by Gasteiger charge is 2.12. The lowest BCUT2D eigenvalue weighted by Gasteiger charge is -2.16. The summed E-state index contributed by atoms with van der Waals surface area (Å²) in [5.41, 5.74) is 5.73. The minimum Gasteiger partial charge on any atom is -0.396 e. The van der Waals surface area contributed by atoms with Crippen LogP contribution in [0.3, 0.4) is 0 Å². The van der Waals surface area contributed by atoms with Gasteiger partial charge in [0.05, 0.1) is 5.69 Å². The largest absolute Gasteiger partial charge is 0.396 e. The SMILES string of the molecule is CCCC(CC)NC(=O)c1ccc(N)c(F)c1. The fraction of sp³-hybridized carbons (Fsp3) is 0.462. The van der Waals surface area contributed by atoms with Gasteiger partial charge in [-0.2, -0.15) is 0 Å². The predicted molar refractivity (Wildman–Crippen MR) is 67.3 cm³/mol. The lowest BCUT2D eigenvalue weighted by Crippen LogP contribution is -2.34. The zero-order valence-corrected chi connectivity index (χ0v) is 10.3. The number of hydrogen-bond donors (Lipinski definition) is 2. The molecule has 1 aromatic rings. The van der Waals surface area contributed by atoms with Crippen molar-refractivity contribution in [3.8, 4) is 0 Å². The van der Waals surface area contributed by atoms with Crippen LogP contribution in [0.15, 0.2) is 18.2 Å². The van der Waals surface area contributed by atoms with Gasteiger partial charge in [-0.1, -0.05) is 20.3 Å². The summed E-state index contributed by atoms with van der Waals surface area (Å²) in [6.45, 7) is 4.09. The summed E-state index contributed by atoms with van der Waals surface area (Å²) in [5.74, 6) is -0.801. The quantitative estimate of drug-likeness (QED) is 0.775. The summed E-state index contributed by atoms with van der Waals surface area (Å²) in [5, 5.41) is 2.88. The van der Waals surface area contributed by atoms with Crippen molar-refractivity contribution in [1.29, 1.82) is 0 Å². The number of amides is 1. The summed E-state index contributed by atoms with van der Waals surface area (Å²) < 4.78 is 13.2. The molecule has 0 aromatic heterocycles. The Morgan fingerprint density at radius 3 is 2.71 bits per heavy atom. The number of nitrogens with two attached hydrogens (primary N) is 1. The lowest BCUT2D eigenvalue weighted by molar-refractivity contribution is 0.0933. The molecule has 0 heterocycles. The number of hydrogen-bond acceptors (Lipinski definition) is 2. The average Bonchev–Trinajstić information content (AvgIpc) is 2.31. The molecule has 94 valence electrons. The van der Waals surface area contributed by atoms with E-state index in [1.54, 1.807) is 0 Å². The predicted octanol–water partition coefficient (Wildman–Crippen LogP) is 2.72. The molecule has 0 aliphatic heterocycles. The van der Waals surface area contributed by atoms with E-state index < -0.39 is 5.82 Å². The molecule has 0 aliphatic carbocycles. The van der Waals surface area contributed by atoms with Gasteiger partial charge in [0.15, 0.2) is 0 Å². The number of rotatable bonds is 5. The average molecular weight is 238 g/mol. The van der Waals surface area contributed by atoms with Crippen molar-refractivity contribution in [2.45, 2.75) is 39.2 Å². The third-order valence-corrected chi connectivity index (χ3v) is 2.73. The van der Waals surface area contributed by atoms with Gasteiger partial charge in [-0.25, -0.2) is 4.39 Å². The molecule has 0 saturated carbocycles. The molecule has 0 bridgehead atoms. The van der Waals surface area contributed by atoms with Crippen molar-refractivity contribution in [2.75, 3.05) is 5.73 Å². The van der Waals surface area contributed by atoms with Gasteiger partial charge in [0.1, 0.15) is 5.82 Å². The van der Waals surface area contributed by atoms with Gasteiger partial charge in [-0.3, -0.25) is 4.79 Å². The molecule has 1 unspecified atom stereocenters. The van der Waals surface area contributed by atoms with Gasteiger partial charge in [0.25, 0.3) is 5.91 Å². The van der Waals surface area contributed by atoms with Crippen LogP contribution in [0.4, 0.5) is 10.1 Å². The summed E-state index contributed by atoms with van der Waals surface area (Å²) in [7, 11) is 0. The number of benzene rings is 1. The normalized spacial score (nSPS) is 12.2. The monoisotopic (exact) mass is 238 g/mol. The summed E-state index contributed by atoms with van der Waals surface area (Å²) >= 11 is 0. The molecule has 1 rings (SSSR count). The molecule has 3 N–H and O–H groups in total. The fourth-order valence-electron chi connectivity index (χ4n) is 1.66. The molecule has 4 heteroatoms. The molecule has 17 heavy (non-hydrogen) atoms. The second kappa shape index (κ2) is 6.23. The fourth-order valence-corrected chi connectivity index (χ4v) is 1.66. The van der Waals surface area contributed by atoms with Gasteiger partial charge in [-0.05, 0) is 31.0 Å². The van der Waals surface area contributed by atoms with Crippen molar-refractivity contribution in [3.63, 3.8) is 0 Å². The van der Waals surface area contributed by atoms with Crippen molar-refractivity contribution in [3.05, 3.63) is 29.6 Å². The minimum absolute atomic E-state index is 0.0575. The van der Waals surface area contributed by atoms with Gasteiger partial charge in [0, 0.05) is 11.6 Å². The second-order valence-electron chi connectivity index (χ2n) is 4.10. The van der Waals surface area contributed by atoms with Crippen LogP contribution in [0.25, 0.3) is 0 Å². The van der Waals surface area contributed by atoms with Crippen LogP contribution in [0.1, 0.15) is 43.5 Å². The summed E-state index contributed by atoms with van der Waals surface area (Å²) in [6.07, 6.45) is 2.81. The lowest BCUT2D eigenvalue weighted by atomic mass is 10.1. The molecule has 0 radical (unpaired) electrons. The third-order valence-electron chi connectivity index (χ3n) is 2.73. The number of anilines is 1. The second-order valence-corrected chi connectivity index (χ2v) is 4.10. The van der Waals surface area contributed by atoms with Crippen LogP contribution >= 0.6 is 0 Å². The Morgan fingerprint density at radius 2 is 2.18 bits per heavy atom. The van der Waals surface area contributed by atoms with E-state index in [0.29, 0.717) is 5.56 Å². The highest BCUT2D eigenvalue weighted by atomic mass is 19.1. The number of carbonyl (C=O) groups excluding carboxylic acids is 1. The van der Waals surface area contributed by atoms with Crippen LogP contribution in [-0.2, 0) is 0 Å². The van der Waals surface area contributed by atoms with Crippen LogP contribution < -0.4 is 11.1 Å². The van der Waals surface area contributed by atoms with E-state index in [1.807, 2.05) is 6.92 Å². The van der Waals surface area contributed by atoms with Crippen molar-refractivity contribution in [2.24, 2.45) is 0 Å². The molecule has 1 amide bonds. The molecule has 0 fully saturated rings. The number of carbonyl (C=O) groups is 1. The van der Waals surface area contributed by atoms with Gasteiger partial charge in [-0.15, -0.1) is 0 Å². The Morgan fingerprint density at radius 1 is 1.47 bits per heavy atom. The Hall–Kier alpha value is -1.58. The van der Waals surface area contributed by atoms with E-state index in [1.165, 1.54) is 18.2 Å². The van der Waals surface area contributed by atoms with E-state index in [9.17, 15) is 9.18 Å². The van der Waals surface area contributed by atoms with Crippen LogP contribution in [-0.4, -0.2) is 11.9 Å². The first-order valence-electron chi connectivity index (χ1n) is 5.94. The van der Waals surface area contributed by atoms with Crippen LogP contribution in [0.5, 0.6) is 0 Å². The van der Waals surface area contributed by atoms with E-state index in [4.69, 9.17) is 5.73 Å². The summed E-state index contributed by atoms with van der Waals surface area (Å²) in [6, 6.07) is 4.26. The first-order chi connectivity index (χ1) is 8.08. The maximum absolute atomic E-state index is 13.2. The molecule has 0 spiro atoms. The van der Waals surface area contributed by atoms with E-state index in [0.717, 1.165) is 19.3 Å².